The molecule has 140 valence electrons. The minimum absolute atomic E-state index is 0.0214. The van der Waals surface area contributed by atoms with E-state index >= 15 is 0 Å². The Balaban J connectivity index is 1.88. The summed E-state index contributed by atoms with van der Waals surface area (Å²) < 4.78 is 46.6. The zero-order valence-corrected chi connectivity index (χ0v) is 14.0. The monoisotopic (exact) mass is 377 g/mol. The molecule has 0 bridgehead atoms. The van der Waals surface area contributed by atoms with Crippen LogP contribution in [0.25, 0.3) is 16.9 Å². The Morgan fingerprint density at radius 3 is 2.63 bits per heavy atom. The van der Waals surface area contributed by atoms with Gasteiger partial charge >= 0.3 is 6.18 Å². The predicted octanol–water partition coefficient (Wildman–Crippen LogP) is 2.28. The molecular formula is C17H14F3N5O2. The molecule has 1 aliphatic heterocycles. The second-order valence-electron chi connectivity index (χ2n) is 5.96. The third kappa shape index (κ3) is 3.23. The summed E-state index contributed by atoms with van der Waals surface area (Å²) in [6, 6.07) is 4.11. The minimum Gasteiger partial charge on any atom is -0.378 e. The number of aromatic nitrogens is 4. The highest BCUT2D eigenvalue weighted by Crippen LogP contribution is 2.32. The van der Waals surface area contributed by atoms with Crippen LogP contribution < -0.4 is 0 Å². The molecule has 3 aromatic heterocycles. The molecule has 1 saturated heterocycles. The fourth-order valence-electron chi connectivity index (χ4n) is 2.91. The van der Waals surface area contributed by atoms with Crippen LogP contribution in [-0.4, -0.2) is 56.7 Å². The van der Waals surface area contributed by atoms with Gasteiger partial charge in [-0.2, -0.15) is 18.3 Å². The number of rotatable bonds is 2. The van der Waals surface area contributed by atoms with Gasteiger partial charge in [0.25, 0.3) is 5.91 Å². The van der Waals surface area contributed by atoms with Crippen LogP contribution in [0.4, 0.5) is 13.2 Å². The number of carbonyl (C=O) groups is 1. The first-order valence-electron chi connectivity index (χ1n) is 8.18. The molecule has 7 nitrogen and oxygen atoms in total. The third-order valence-corrected chi connectivity index (χ3v) is 4.25. The van der Waals surface area contributed by atoms with Crippen molar-refractivity contribution in [3.05, 3.63) is 48.0 Å². The smallest absolute Gasteiger partial charge is 0.378 e. The van der Waals surface area contributed by atoms with Gasteiger partial charge in [0.15, 0.2) is 11.3 Å². The number of nitrogens with zero attached hydrogens (tertiary/aromatic N) is 5. The molecule has 0 saturated carbocycles. The maximum absolute atomic E-state index is 13.6. The van der Waals surface area contributed by atoms with Gasteiger partial charge in [0.2, 0.25) is 0 Å². The molecule has 0 radical (unpaired) electrons. The predicted molar refractivity (Wildman–Crippen MR) is 87.9 cm³/mol. The van der Waals surface area contributed by atoms with Crippen LogP contribution in [-0.2, 0) is 10.9 Å². The van der Waals surface area contributed by atoms with Crippen molar-refractivity contribution in [1.29, 1.82) is 0 Å². The molecule has 0 aromatic carbocycles. The topological polar surface area (TPSA) is 72.6 Å². The summed E-state index contributed by atoms with van der Waals surface area (Å²) in [5.74, 6) is -0.419. The van der Waals surface area contributed by atoms with Gasteiger partial charge in [-0.05, 0) is 18.2 Å². The molecule has 27 heavy (non-hydrogen) atoms. The molecule has 0 spiro atoms. The summed E-state index contributed by atoms with van der Waals surface area (Å²) in [7, 11) is 0. The van der Waals surface area contributed by atoms with Crippen molar-refractivity contribution in [2.24, 2.45) is 0 Å². The number of morpholine rings is 1. The van der Waals surface area contributed by atoms with Crippen LogP contribution in [0.3, 0.4) is 0 Å². The average Bonchev–Trinajstić information content (AvgIpc) is 3.11. The standard InChI is InChI=1S/C17H14F3N5O2/c18-17(19,20)14-8-13(11-2-1-3-21-9-11)23-15-12(10-22-25(14)15)16(26)24-4-6-27-7-5-24/h1-3,8-10H,4-7H2. The average molecular weight is 377 g/mol. The quantitative estimate of drug-likeness (QED) is 0.685. The van der Waals surface area contributed by atoms with Crippen LogP contribution in [0.2, 0.25) is 0 Å². The van der Waals surface area contributed by atoms with Gasteiger partial charge in [0, 0.05) is 31.0 Å². The summed E-state index contributed by atoms with van der Waals surface area (Å²) in [6.45, 7) is 1.50. The van der Waals surface area contributed by atoms with Crippen molar-refractivity contribution in [3.8, 4) is 11.3 Å². The van der Waals surface area contributed by atoms with Crippen molar-refractivity contribution >= 4 is 11.6 Å². The minimum atomic E-state index is -4.66. The molecule has 0 unspecified atom stereocenters. The first kappa shape index (κ1) is 17.4. The second kappa shape index (κ2) is 6.62. The zero-order valence-electron chi connectivity index (χ0n) is 14.0. The lowest BCUT2D eigenvalue weighted by Gasteiger charge is -2.26. The number of fused-ring (bicyclic) bond motifs is 1. The lowest BCUT2D eigenvalue weighted by Crippen LogP contribution is -2.40. The van der Waals surface area contributed by atoms with E-state index in [1.165, 1.54) is 17.3 Å². The lowest BCUT2D eigenvalue weighted by molar-refractivity contribution is -0.142. The molecule has 1 fully saturated rings. The second-order valence-corrected chi connectivity index (χ2v) is 5.96. The van der Waals surface area contributed by atoms with Gasteiger partial charge in [-0.25, -0.2) is 9.50 Å². The van der Waals surface area contributed by atoms with Crippen LogP contribution in [0, 0.1) is 0 Å². The number of pyridine rings is 1. The summed E-state index contributed by atoms with van der Waals surface area (Å²) in [5.41, 5.74) is -0.642. The maximum atomic E-state index is 13.6. The lowest BCUT2D eigenvalue weighted by atomic mass is 10.1. The van der Waals surface area contributed by atoms with Gasteiger partial charge in [0.1, 0.15) is 5.56 Å². The van der Waals surface area contributed by atoms with Gasteiger partial charge in [-0.3, -0.25) is 9.78 Å². The molecule has 3 aromatic rings. The molecule has 1 amide bonds. The number of amides is 1. The third-order valence-electron chi connectivity index (χ3n) is 4.25. The molecule has 0 atom stereocenters. The number of halogens is 3. The Labute approximate surface area is 151 Å². The number of carbonyl (C=O) groups excluding carboxylic acids is 1. The van der Waals surface area contributed by atoms with Gasteiger partial charge < -0.3 is 9.64 Å². The zero-order chi connectivity index (χ0) is 19.0. The van der Waals surface area contributed by atoms with E-state index in [1.54, 1.807) is 12.1 Å². The van der Waals surface area contributed by atoms with E-state index in [0.717, 1.165) is 12.3 Å². The fourth-order valence-corrected chi connectivity index (χ4v) is 2.91. The Kier molecular flexibility index (Phi) is 4.27. The van der Waals surface area contributed by atoms with Crippen molar-refractivity contribution in [2.75, 3.05) is 26.3 Å². The van der Waals surface area contributed by atoms with Crippen molar-refractivity contribution < 1.29 is 22.7 Å². The van der Waals surface area contributed by atoms with Crippen molar-refractivity contribution in [1.82, 2.24) is 24.5 Å². The molecule has 0 aliphatic carbocycles. The van der Waals surface area contributed by atoms with E-state index in [0.29, 0.717) is 36.4 Å². The molecule has 1 aliphatic rings. The summed E-state index contributed by atoms with van der Waals surface area (Å²) in [4.78, 5) is 22.5. The molecule has 10 heteroatoms. The Morgan fingerprint density at radius 1 is 1.19 bits per heavy atom. The highest BCUT2D eigenvalue weighted by atomic mass is 19.4. The van der Waals surface area contributed by atoms with E-state index in [1.807, 2.05) is 0 Å². The molecule has 4 heterocycles. The largest absolute Gasteiger partial charge is 0.433 e. The molecular weight excluding hydrogens is 363 g/mol. The number of hydrogen-bond donors (Lipinski definition) is 0. The van der Waals surface area contributed by atoms with Crippen LogP contribution >= 0.6 is 0 Å². The maximum Gasteiger partial charge on any atom is 0.433 e. The molecule has 4 rings (SSSR count). The highest BCUT2D eigenvalue weighted by Gasteiger charge is 2.36. The van der Waals surface area contributed by atoms with E-state index < -0.39 is 17.8 Å². The highest BCUT2D eigenvalue weighted by molar-refractivity contribution is 6.00. The van der Waals surface area contributed by atoms with Gasteiger partial charge in [-0.1, -0.05) is 0 Å². The Bertz CT molecular complexity index is 981. The van der Waals surface area contributed by atoms with Crippen LogP contribution in [0.5, 0.6) is 0 Å². The van der Waals surface area contributed by atoms with Crippen molar-refractivity contribution in [2.45, 2.75) is 6.18 Å². The SMILES string of the molecule is O=C(c1cnn2c(C(F)(F)F)cc(-c3cccnc3)nc12)N1CCOCC1. The van der Waals surface area contributed by atoms with E-state index in [9.17, 15) is 18.0 Å². The van der Waals surface area contributed by atoms with E-state index in [-0.39, 0.29) is 16.9 Å². The molecule has 0 N–H and O–H groups in total. The number of ether oxygens (including phenoxy) is 1. The van der Waals surface area contributed by atoms with E-state index in [2.05, 4.69) is 15.1 Å². The number of hydrogen-bond acceptors (Lipinski definition) is 5. The Hall–Kier alpha value is -3.01. The van der Waals surface area contributed by atoms with Gasteiger partial charge in [-0.15, -0.1) is 0 Å². The first-order chi connectivity index (χ1) is 12.9. The summed E-state index contributed by atoms with van der Waals surface area (Å²) in [5, 5.41) is 3.78. The van der Waals surface area contributed by atoms with Crippen LogP contribution in [0.1, 0.15) is 16.1 Å². The van der Waals surface area contributed by atoms with E-state index in [4.69, 9.17) is 4.74 Å². The fraction of sp³-hybridized carbons (Fsp3) is 0.294. The number of alkyl halides is 3. The van der Waals surface area contributed by atoms with Gasteiger partial charge in [0.05, 0.1) is 25.1 Å². The normalized spacial score (nSPS) is 15.3. The summed E-state index contributed by atoms with van der Waals surface area (Å²) >= 11 is 0. The van der Waals surface area contributed by atoms with Crippen LogP contribution in [0.15, 0.2) is 36.8 Å². The Morgan fingerprint density at radius 2 is 1.96 bits per heavy atom. The first-order valence-corrected chi connectivity index (χ1v) is 8.18. The summed E-state index contributed by atoms with van der Waals surface area (Å²) in [6.07, 6.45) is -0.608. The van der Waals surface area contributed by atoms with Crippen molar-refractivity contribution in [3.63, 3.8) is 0 Å².